The lowest BCUT2D eigenvalue weighted by molar-refractivity contribution is 1.16. The zero-order chi connectivity index (χ0) is 33.5. The van der Waals surface area contributed by atoms with Crippen molar-refractivity contribution in [2.45, 2.75) is 0 Å². The predicted octanol–water partition coefficient (Wildman–Crippen LogP) is 13.6. The van der Waals surface area contributed by atoms with Gasteiger partial charge in [-0.05, 0) is 82.9 Å². The third-order valence-corrected chi connectivity index (χ3v) is 11.7. The maximum absolute atomic E-state index is 2.44. The number of benzene rings is 8. The molecule has 0 unspecified atom stereocenters. The van der Waals surface area contributed by atoms with Crippen molar-refractivity contribution in [2.24, 2.45) is 0 Å². The van der Waals surface area contributed by atoms with E-state index in [1.807, 2.05) is 11.3 Å². The Kier molecular flexibility index (Phi) is 6.16. The number of rotatable bonds is 4. The molecule has 0 aliphatic heterocycles. The van der Waals surface area contributed by atoms with Gasteiger partial charge >= 0.3 is 0 Å². The molecule has 3 heterocycles. The molecule has 0 fully saturated rings. The molecule has 3 heteroatoms. The second-order valence-electron chi connectivity index (χ2n) is 13.3. The van der Waals surface area contributed by atoms with Crippen molar-refractivity contribution in [3.05, 3.63) is 182 Å². The maximum atomic E-state index is 2.44. The van der Waals surface area contributed by atoms with Crippen molar-refractivity contribution in [1.29, 1.82) is 0 Å². The van der Waals surface area contributed by atoms with E-state index in [-0.39, 0.29) is 0 Å². The Morgan fingerprint density at radius 2 is 0.902 bits per heavy atom. The summed E-state index contributed by atoms with van der Waals surface area (Å²) in [6, 6.07) is 66.6. The number of fused-ring (bicyclic) bond motifs is 9. The van der Waals surface area contributed by atoms with Crippen molar-refractivity contribution >= 4 is 75.1 Å². The Morgan fingerprint density at radius 3 is 1.71 bits per heavy atom. The topological polar surface area (TPSA) is 9.86 Å². The monoisotopic (exact) mass is 666 g/mol. The van der Waals surface area contributed by atoms with Crippen LogP contribution in [0, 0.1) is 0 Å². The summed E-state index contributed by atoms with van der Waals surface area (Å²) >= 11 is 1.88. The fraction of sp³-hybridized carbons (Fsp3) is 0. The van der Waals surface area contributed by atoms with Gasteiger partial charge in [-0.25, -0.2) is 0 Å². The molecule has 2 nitrogen and oxygen atoms in total. The predicted molar refractivity (Wildman–Crippen MR) is 219 cm³/mol. The van der Waals surface area contributed by atoms with Crippen molar-refractivity contribution < 1.29 is 0 Å². The zero-order valence-corrected chi connectivity index (χ0v) is 28.4. The molecular weight excluding hydrogens is 637 g/mol. The lowest BCUT2D eigenvalue weighted by Gasteiger charge is -2.11. The lowest BCUT2D eigenvalue weighted by atomic mass is 10.0. The molecule has 0 bridgehead atoms. The van der Waals surface area contributed by atoms with E-state index in [2.05, 4.69) is 191 Å². The summed E-state index contributed by atoms with van der Waals surface area (Å²) < 4.78 is 7.54. The molecule has 0 saturated carbocycles. The number of hydrogen-bond donors (Lipinski definition) is 0. The Bertz CT molecular complexity index is 3110. The summed E-state index contributed by atoms with van der Waals surface area (Å²) in [5.41, 5.74) is 12.1. The standard InChI is InChI=1S/C48H30N2S/c1-3-12-31(13-4-1)33-24-27-44-40(28-33)42-29-41-37-16-7-9-20-43(37)50(45(41)30-46(42)49(44)34-14-5-2-6-15-34)35-25-22-32(23-26-35)36-18-11-19-39-38-17-8-10-21-47(38)51-48(36)39/h1-30H. The minimum absolute atomic E-state index is 1.15. The van der Waals surface area contributed by atoms with Gasteiger partial charge in [-0.1, -0.05) is 121 Å². The average molecular weight is 667 g/mol. The van der Waals surface area contributed by atoms with E-state index in [0.717, 1.165) is 11.4 Å². The van der Waals surface area contributed by atoms with Crippen LogP contribution >= 0.6 is 11.3 Å². The normalized spacial score (nSPS) is 11.9. The van der Waals surface area contributed by atoms with E-state index >= 15 is 0 Å². The molecule has 51 heavy (non-hydrogen) atoms. The first-order valence-corrected chi connectivity index (χ1v) is 18.3. The van der Waals surface area contributed by atoms with Crippen molar-refractivity contribution in [2.75, 3.05) is 0 Å². The van der Waals surface area contributed by atoms with Crippen molar-refractivity contribution in [1.82, 2.24) is 9.13 Å². The summed E-state index contributed by atoms with van der Waals surface area (Å²) in [5.74, 6) is 0. The molecule has 0 saturated heterocycles. The first-order valence-electron chi connectivity index (χ1n) is 17.4. The fourth-order valence-electron chi connectivity index (χ4n) is 8.19. The largest absolute Gasteiger partial charge is 0.309 e. The van der Waals surface area contributed by atoms with E-state index in [9.17, 15) is 0 Å². The molecule has 8 aromatic carbocycles. The molecule has 0 atom stereocenters. The second-order valence-corrected chi connectivity index (χ2v) is 14.4. The zero-order valence-electron chi connectivity index (χ0n) is 27.6. The molecule has 0 aliphatic carbocycles. The highest BCUT2D eigenvalue weighted by atomic mass is 32.1. The first-order chi connectivity index (χ1) is 25.3. The average Bonchev–Trinajstić information content (AvgIpc) is 3.85. The Hall–Kier alpha value is -6.42. The van der Waals surface area contributed by atoms with E-state index < -0.39 is 0 Å². The van der Waals surface area contributed by atoms with Gasteiger partial charge in [-0.3, -0.25) is 0 Å². The Balaban J connectivity index is 1.15. The van der Waals surface area contributed by atoms with E-state index in [4.69, 9.17) is 0 Å². The fourth-order valence-corrected chi connectivity index (χ4v) is 9.43. The van der Waals surface area contributed by atoms with Crippen LogP contribution in [0.1, 0.15) is 0 Å². The number of aromatic nitrogens is 2. The van der Waals surface area contributed by atoms with E-state index in [1.165, 1.54) is 86.0 Å². The van der Waals surface area contributed by atoms with Gasteiger partial charge in [0.2, 0.25) is 0 Å². The van der Waals surface area contributed by atoms with E-state index in [1.54, 1.807) is 0 Å². The van der Waals surface area contributed by atoms with Gasteiger partial charge in [0.25, 0.3) is 0 Å². The number of hydrogen-bond acceptors (Lipinski definition) is 1. The Morgan fingerprint density at radius 1 is 0.314 bits per heavy atom. The summed E-state index contributed by atoms with van der Waals surface area (Å²) in [5, 5.41) is 7.69. The lowest BCUT2D eigenvalue weighted by Crippen LogP contribution is -1.96. The van der Waals surface area contributed by atoms with Crippen molar-refractivity contribution in [3.63, 3.8) is 0 Å². The molecule has 0 radical (unpaired) electrons. The van der Waals surface area contributed by atoms with Crippen LogP contribution in [0.15, 0.2) is 182 Å². The molecule has 11 aromatic rings. The highest BCUT2D eigenvalue weighted by Crippen LogP contribution is 2.42. The molecule has 0 aliphatic rings. The second kappa shape index (κ2) is 11.0. The first kappa shape index (κ1) is 28.4. The SMILES string of the molecule is c1ccc(-c2ccc3c(c2)c2cc4c5ccccc5n(-c5ccc(-c6cccc7c6sc6ccccc67)cc5)c4cc2n3-c2ccccc2)cc1. The van der Waals surface area contributed by atoms with Gasteiger partial charge in [-0.15, -0.1) is 11.3 Å². The van der Waals surface area contributed by atoms with Gasteiger partial charge in [0, 0.05) is 53.1 Å². The maximum Gasteiger partial charge on any atom is 0.0562 e. The van der Waals surface area contributed by atoms with Gasteiger partial charge in [0.05, 0.1) is 22.1 Å². The third kappa shape index (κ3) is 4.29. The molecular formula is C48H30N2S. The van der Waals surface area contributed by atoms with Crippen LogP contribution < -0.4 is 0 Å². The molecule has 3 aromatic heterocycles. The van der Waals surface area contributed by atoms with Crippen LogP contribution in [-0.2, 0) is 0 Å². The summed E-state index contributed by atoms with van der Waals surface area (Å²) in [6.45, 7) is 0. The molecule has 0 N–H and O–H groups in total. The highest BCUT2D eigenvalue weighted by molar-refractivity contribution is 7.26. The molecule has 238 valence electrons. The van der Waals surface area contributed by atoms with Crippen LogP contribution in [0.3, 0.4) is 0 Å². The summed E-state index contributed by atoms with van der Waals surface area (Å²) in [7, 11) is 0. The van der Waals surface area contributed by atoms with Crippen LogP contribution in [0.4, 0.5) is 0 Å². The van der Waals surface area contributed by atoms with Crippen LogP contribution in [0.5, 0.6) is 0 Å². The van der Waals surface area contributed by atoms with E-state index in [0.29, 0.717) is 0 Å². The summed E-state index contributed by atoms with van der Waals surface area (Å²) in [6.07, 6.45) is 0. The third-order valence-electron chi connectivity index (χ3n) is 10.5. The number of thiophene rings is 1. The van der Waals surface area contributed by atoms with Crippen LogP contribution in [-0.4, -0.2) is 9.13 Å². The van der Waals surface area contributed by atoms with Crippen LogP contribution in [0.2, 0.25) is 0 Å². The smallest absolute Gasteiger partial charge is 0.0562 e. The van der Waals surface area contributed by atoms with Crippen molar-refractivity contribution in [3.8, 4) is 33.6 Å². The molecule has 11 rings (SSSR count). The van der Waals surface area contributed by atoms with Gasteiger partial charge < -0.3 is 9.13 Å². The minimum Gasteiger partial charge on any atom is -0.309 e. The van der Waals surface area contributed by atoms with Crippen LogP contribution in [0.25, 0.3) is 97.4 Å². The molecule has 0 spiro atoms. The quantitative estimate of drug-likeness (QED) is 0.177. The highest BCUT2D eigenvalue weighted by Gasteiger charge is 2.19. The van der Waals surface area contributed by atoms with Gasteiger partial charge in [-0.2, -0.15) is 0 Å². The number of para-hydroxylation sites is 2. The van der Waals surface area contributed by atoms with Gasteiger partial charge in [0.15, 0.2) is 0 Å². The number of nitrogens with zero attached hydrogens (tertiary/aromatic N) is 2. The van der Waals surface area contributed by atoms with Gasteiger partial charge in [0.1, 0.15) is 0 Å². The Labute approximate surface area is 298 Å². The molecule has 0 amide bonds. The minimum atomic E-state index is 1.15. The summed E-state index contributed by atoms with van der Waals surface area (Å²) in [4.78, 5) is 0.